The largest absolute Gasteiger partial charge is 0.382 e. The van der Waals surface area contributed by atoms with Gasteiger partial charge >= 0.3 is 0 Å². The van der Waals surface area contributed by atoms with Crippen LogP contribution in [0.4, 0.5) is 5.82 Å². The molecule has 0 saturated heterocycles. The standard InChI is InChI=1S/C11H12N4OS/c12-10-7-13-6-9(15-10)11(16)14-4-3-8-2-1-5-17-8/h1-2,5-7H,3-4H2,(H2,12,15)(H,14,16). The second kappa shape index (κ2) is 5.40. The normalized spacial score (nSPS) is 10.1. The van der Waals surface area contributed by atoms with Crippen LogP contribution in [0.2, 0.25) is 0 Å². The van der Waals surface area contributed by atoms with Crippen molar-refractivity contribution in [1.82, 2.24) is 15.3 Å². The topological polar surface area (TPSA) is 80.9 Å². The number of rotatable bonds is 4. The molecule has 17 heavy (non-hydrogen) atoms. The molecule has 5 nitrogen and oxygen atoms in total. The molecule has 2 heterocycles. The highest BCUT2D eigenvalue weighted by molar-refractivity contribution is 7.09. The fourth-order valence-electron chi connectivity index (χ4n) is 1.34. The summed E-state index contributed by atoms with van der Waals surface area (Å²) in [4.78, 5) is 20.6. The van der Waals surface area contributed by atoms with Crippen LogP contribution in [0.3, 0.4) is 0 Å². The van der Waals surface area contributed by atoms with Crippen molar-refractivity contribution in [3.63, 3.8) is 0 Å². The van der Waals surface area contributed by atoms with Crippen LogP contribution in [-0.4, -0.2) is 22.4 Å². The Bertz CT molecular complexity index is 498. The van der Waals surface area contributed by atoms with Gasteiger partial charge in [-0.3, -0.25) is 9.78 Å². The van der Waals surface area contributed by atoms with Gasteiger partial charge in [-0.25, -0.2) is 4.98 Å². The van der Waals surface area contributed by atoms with Crippen molar-refractivity contribution < 1.29 is 4.79 Å². The molecule has 2 aromatic heterocycles. The first-order valence-electron chi connectivity index (χ1n) is 5.14. The summed E-state index contributed by atoms with van der Waals surface area (Å²) in [6, 6.07) is 4.03. The highest BCUT2D eigenvalue weighted by Crippen LogP contribution is 2.08. The van der Waals surface area contributed by atoms with Gasteiger partial charge in [0.15, 0.2) is 0 Å². The minimum absolute atomic E-state index is 0.246. The van der Waals surface area contributed by atoms with Crippen LogP contribution in [0.15, 0.2) is 29.9 Å². The average molecular weight is 248 g/mol. The monoisotopic (exact) mass is 248 g/mol. The average Bonchev–Trinajstić information content (AvgIpc) is 2.82. The zero-order valence-electron chi connectivity index (χ0n) is 9.09. The fourth-order valence-corrected chi connectivity index (χ4v) is 2.04. The van der Waals surface area contributed by atoms with E-state index < -0.39 is 0 Å². The fraction of sp³-hybridized carbons (Fsp3) is 0.182. The predicted octanol–water partition coefficient (Wildman–Crippen LogP) is 1.09. The smallest absolute Gasteiger partial charge is 0.271 e. The quantitative estimate of drug-likeness (QED) is 0.848. The minimum atomic E-state index is -0.249. The Hall–Kier alpha value is -1.95. The van der Waals surface area contributed by atoms with Gasteiger partial charge in [-0.1, -0.05) is 6.07 Å². The summed E-state index contributed by atoms with van der Waals surface area (Å²) < 4.78 is 0. The van der Waals surface area contributed by atoms with Crippen molar-refractivity contribution in [3.05, 3.63) is 40.5 Å². The van der Waals surface area contributed by atoms with E-state index in [4.69, 9.17) is 5.73 Å². The van der Waals surface area contributed by atoms with Crippen molar-refractivity contribution in [1.29, 1.82) is 0 Å². The first kappa shape index (κ1) is 11.5. The summed E-state index contributed by atoms with van der Waals surface area (Å²) >= 11 is 1.67. The van der Waals surface area contributed by atoms with Gasteiger partial charge in [0, 0.05) is 11.4 Å². The molecule has 0 aliphatic rings. The number of nitrogens with two attached hydrogens (primary N) is 1. The van der Waals surface area contributed by atoms with Crippen LogP contribution in [0, 0.1) is 0 Å². The number of thiophene rings is 1. The van der Waals surface area contributed by atoms with Crippen LogP contribution in [-0.2, 0) is 6.42 Å². The number of nitrogens with one attached hydrogen (secondary N) is 1. The van der Waals surface area contributed by atoms with Crippen molar-refractivity contribution in [2.75, 3.05) is 12.3 Å². The van der Waals surface area contributed by atoms with E-state index in [9.17, 15) is 4.79 Å². The molecular weight excluding hydrogens is 236 g/mol. The van der Waals surface area contributed by atoms with Crippen molar-refractivity contribution in [2.24, 2.45) is 0 Å². The third-order valence-corrected chi connectivity index (χ3v) is 3.06. The van der Waals surface area contributed by atoms with Gasteiger partial charge in [0.05, 0.1) is 12.4 Å². The maximum Gasteiger partial charge on any atom is 0.271 e. The van der Waals surface area contributed by atoms with Gasteiger partial charge in [0.1, 0.15) is 11.5 Å². The van der Waals surface area contributed by atoms with Crippen LogP contribution in [0.25, 0.3) is 0 Å². The number of carbonyl (C=O) groups excluding carboxylic acids is 1. The van der Waals surface area contributed by atoms with E-state index in [1.54, 1.807) is 11.3 Å². The molecule has 6 heteroatoms. The molecule has 0 unspecified atom stereocenters. The van der Waals surface area contributed by atoms with Crippen molar-refractivity contribution in [2.45, 2.75) is 6.42 Å². The molecule has 0 atom stereocenters. The molecule has 3 N–H and O–H groups in total. The Morgan fingerprint density at radius 2 is 2.35 bits per heavy atom. The molecule has 0 saturated carbocycles. The SMILES string of the molecule is Nc1cncc(C(=O)NCCc2cccs2)n1. The number of nitrogen functional groups attached to an aromatic ring is 1. The molecule has 2 aromatic rings. The van der Waals surface area contributed by atoms with Gasteiger partial charge in [-0.15, -0.1) is 11.3 Å². The molecule has 1 amide bonds. The van der Waals surface area contributed by atoms with Crippen LogP contribution in [0.5, 0.6) is 0 Å². The van der Waals surface area contributed by atoms with Gasteiger partial charge in [0.25, 0.3) is 5.91 Å². The van der Waals surface area contributed by atoms with E-state index >= 15 is 0 Å². The maximum atomic E-state index is 11.7. The van der Waals surface area contributed by atoms with Gasteiger partial charge in [-0.2, -0.15) is 0 Å². The van der Waals surface area contributed by atoms with Crippen molar-refractivity contribution >= 4 is 23.1 Å². The lowest BCUT2D eigenvalue weighted by Gasteiger charge is -2.03. The second-order valence-corrected chi connectivity index (χ2v) is 4.45. The highest BCUT2D eigenvalue weighted by Gasteiger charge is 2.07. The zero-order valence-corrected chi connectivity index (χ0v) is 9.91. The Kier molecular flexibility index (Phi) is 3.66. The number of carbonyl (C=O) groups is 1. The molecule has 0 aliphatic heterocycles. The second-order valence-electron chi connectivity index (χ2n) is 3.41. The van der Waals surface area contributed by atoms with Crippen molar-refractivity contribution in [3.8, 4) is 0 Å². The molecule has 0 bridgehead atoms. The molecule has 0 fully saturated rings. The Labute approximate surface area is 103 Å². The van der Waals surface area contributed by atoms with E-state index in [2.05, 4.69) is 15.3 Å². The number of aromatic nitrogens is 2. The molecule has 88 valence electrons. The van der Waals surface area contributed by atoms with Gasteiger partial charge in [-0.05, 0) is 17.9 Å². The zero-order chi connectivity index (χ0) is 12.1. The molecule has 0 aromatic carbocycles. The summed E-state index contributed by atoms with van der Waals surface area (Å²) in [7, 11) is 0. The van der Waals surface area contributed by atoms with E-state index in [0.717, 1.165) is 6.42 Å². The Morgan fingerprint density at radius 3 is 3.06 bits per heavy atom. The lowest BCUT2D eigenvalue weighted by atomic mass is 10.3. The van der Waals surface area contributed by atoms with Crippen LogP contribution in [0.1, 0.15) is 15.4 Å². The number of hydrogen-bond acceptors (Lipinski definition) is 5. The molecule has 0 radical (unpaired) electrons. The summed E-state index contributed by atoms with van der Waals surface area (Å²) in [6.07, 6.45) is 3.62. The minimum Gasteiger partial charge on any atom is -0.382 e. The van der Waals surface area contributed by atoms with Gasteiger partial charge in [0.2, 0.25) is 0 Å². The van der Waals surface area contributed by atoms with E-state index in [-0.39, 0.29) is 17.4 Å². The number of anilines is 1. The summed E-state index contributed by atoms with van der Waals surface area (Å²) in [6.45, 7) is 0.579. The predicted molar refractivity (Wildman–Crippen MR) is 66.8 cm³/mol. The number of amides is 1. The lowest BCUT2D eigenvalue weighted by Crippen LogP contribution is -2.26. The summed E-state index contributed by atoms with van der Waals surface area (Å²) in [5.74, 6) is -0.00253. The van der Waals surface area contributed by atoms with E-state index in [1.165, 1.54) is 17.3 Å². The van der Waals surface area contributed by atoms with E-state index in [1.807, 2.05) is 17.5 Å². The Morgan fingerprint density at radius 1 is 1.47 bits per heavy atom. The first-order valence-corrected chi connectivity index (χ1v) is 6.02. The van der Waals surface area contributed by atoms with Crippen LogP contribution >= 0.6 is 11.3 Å². The van der Waals surface area contributed by atoms with Gasteiger partial charge < -0.3 is 11.1 Å². The lowest BCUT2D eigenvalue weighted by molar-refractivity contribution is 0.0949. The summed E-state index contributed by atoms with van der Waals surface area (Å²) in [5.41, 5.74) is 5.70. The van der Waals surface area contributed by atoms with E-state index in [0.29, 0.717) is 6.54 Å². The molecule has 0 aliphatic carbocycles. The Balaban J connectivity index is 1.85. The molecular formula is C11H12N4OS. The molecule has 0 spiro atoms. The first-order chi connectivity index (χ1) is 8.25. The third kappa shape index (κ3) is 3.25. The summed E-state index contributed by atoms with van der Waals surface area (Å²) in [5, 5.41) is 4.79. The molecule has 2 rings (SSSR count). The van der Waals surface area contributed by atoms with Crippen LogP contribution < -0.4 is 11.1 Å². The maximum absolute atomic E-state index is 11.7. The highest BCUT2D eigenvalue weighted by atomic mass is 32.1. The third-order valence-electron chi connectivity index (χ3n) is 2.12. The number of hydrogen-bond donors (Lipinski definition) is 2. The number of nitrogens with zero attached hydrogens (tertiary/aromatic N) is 2.